The van der Waals surface area contributed by atoms with Gasteiger partial charge in [-0.3, -0.25) is 4.79 Å². The van der Waals surface area contributed by atoms with Gasteiger partial charge in [0.2, 0.25) is 0 Å². The van der Waals surface area contributed by atoms with Crippen molar-refractivity contribution in [1.29, 1.82) is 0 Å². The van der Waals surface area contributed by atoms with E-state index >= 15 is 0 Å². The SMILES string of the molecule is C=CCOC(=O)CSc1ncc(Cc2ccccc2)cn1. The molecule has 0 amide bonds. The van der Waals surface area contributed by atoms with Crippen LogP contribution in [0.4, 0.5) is 0 Å². The van der Waals surface area contributed by atoms with Crippen LogP contribution < -0.4 is 0 Å². The van der Waals surface area contributed by atoms with Crippen LogP contribution in [0.25, 0.3) is 0 Å². The van der Waals surface area contributed by atoms with Crippen molar-refractivity contribution in [2.24, 2.45) is 0 Å². The first-order valence-corrected chi connectivity index (χ1v) is 7.50. The minimum Gasteiger partial charge on any atom is -0.461 e. The molecule has 0 radical (unpaired) electrons. The predicted molar refractivity (Wildman–Crippen MR) is 83.2 cm³/mol. The lowest BCUT2D eigenvalue weighted by Crippen LogP contribution is -2.07. The van der Waals surface area contributed by atoms with E-state index in [1.807, 2.05) is 18.2 Å². The fraction of sp³-hybridized carbons (Fsp3) is 0.188. The topological polar surface area (TPSA) is 52.1 Å². The number of hydrogen-bond donors (Lipinski definition) is 0. The van der Waals surface area contributed by atoms with E-state index in [-0.39, 0.29) is 18.3 Å². The zero-order valence-corrected chi connectivity index (χ0v) is 12.4. The largest absolute Gasteiger partial charge is 0.461 e. The Hall–Kier alpha value is -2.14. The first kappa shape index (κ1) is 15.3. The second-order valence-electron chi connectivity index (χ2n) is 4.30. The molecule has 1 heterocycles. The van der Waals surface area contributed by atoms with Crippen LogP contribution in [-0.2, 0) is 16.0 Å². The predicted octanol–water partition coefficient (Wildman–Crippen LogP) is 2.89. The number of aromatic nitrogens is 2. The van der Waals surface area contributed by atoms with Crippen molar-refractivity contribution in [2.45, 2.75) is 11.6 Å². The van der Waals surface area contributed by atoms with E-state index in [4.69, 9.17) is 4.74 Å². The molecule has 0 N–H and O–H groups in total. The molecule has 0 aliphatic rings. The molecular weight excluding hydrogens is 284 g/mol. The van der Waals surface area contributed by atoms with Crippen molar-refractivity contribution in [2.75, 3.05) is 12.4 Å². The molecule has 5 heteroatoms. The van der Waals surface area contributed by atoms with Gasteiger partial charge in [0, 0.05) is 18.8 Å². The normalized spacial score (nSPS) is 10.1. The van der Waals surface area contributed by atoms with Crippen LogP contribution in [0, 0.1) is 0 Å². The third-order valence-electron chi connectivity index (χ3n) is 2.61. The lowest BCUT2D eigenvalue weighted by Gasteiger charge is -2.03. The van der Waals surface area contributed by atoms with Crippen molar-refractivity contribution in [3.8, 4) is 0 Å². The van der Waals surface area contributed by atoms with Gasteiger partial charge in [0.1, 0.15) is 6.61 Å². The minimum absolute atomic E-state index is 0.200. The molecule has 108 valence electrons. The molecule has 0 fully saturated rings. The zero-order chi connectivity index (χ0) is 14.9. The van der Waals surface area contributed by atoms with Crippen LogP contribution in [0.15, 0.2) is 60.5 Å². The van der Waals surface area contributed by atoms with E-state index in [0.717, 1.165) is 12.0 Å². The second-order valence-corrected chi connectivity index (χ2v) is 5.24. The molecule has 0 saturated heterocycles. The molecule has 1 aromatic heterocycles. The van der Waals surface area contributed by atoms with Gasteiger partial charge < -0.3 is 4.74 Å². The smallest absolute Gasteiger partial charge is 0.316 e. The summed E-state index contributed by atoms with van der Waals surface area (Å²) in [6.07, 6.45) is 5.92. The molecule has 21 heavy (non-hydrogen) atoms. The fourth-order valence-electron chi connectivity index (χ4n) is 1.66. The van der Waals surface area contributed by atoms with Crippen LogP contribution in [0.1, 0.15) is 11.1 Å². The van der Waals surface area contributed by atoms with Crippen molar-refractivity contribution < 1.29 is 9.53 Å². The second kappa shape index (κ2) is 8.21. The summed E-state index contributed by atoms with van der Waals surface area (Å²) in [6, 6.07) is 10.1. The summed E-state index contributed by atoms with van der Waals surface area (Å²) in [5.41, 5.74) is 2.26. The molecule has 0 bridgehead atoms. The maximum atomic E-state index is 11.3. The minimum atomic E-state index is -0.295. The Labute approximate surface area is 128 Å². The van der Waals surface area contributed by atoms with E-state index in [9.17, 15) is 4.79 Å². The fourth-order valence-corrected chi connectivity index (χ4v) is 2.24. The molecule has 0 atom stereocenters. The summed E-state index contributed by atoms with van der Waals surface area (Å²) < 4.78 is 4.88. The lowest BCUT2D eigenvalue weighted by atomic mass is 10.1. The van der Waals surface area contributed by atoms with Gasteiger partial charge in [-0.2, -0.15) is 0 Å². The monoisotopic (exact) mass is 300 g/mol. The van der Waals surface area contributed by atoms with Crippen LogP contribution in [0.5, 0.6) is 0 Å². The number of nitrogens with zero attached hydrogens (tertiary/aromatic N) is 2. The number of benzene rings is 1. The van der Waals surface area contributed by atoms with E-state index in [2.05, 4.69) is 28.7 Å². The number of thioether (sulfide) groups is 1. The summed E-state index contributed by atoms with van der Waals surface area (Å²) in [5, 5.41) is 0.572. The molecule has 2 aromatic rings. The van der Waals surface area contributed by atoms with Gasteiger partial charge in [0.25, 0.3) is 0 Å². The van der Waals surface area contributed by atoms with Crippen LogP contribution in [0.3, 0.4) is 0 Å². The van der Waals surface area contributed by atoms with Crippen molar-refractivity contribution in [3.63, 3.8) is 0 Å². The van der Waals surface area contributed by atoms with Gasteiger partial charge >= 0.3 is 5.97 Å². The first-order chi connectivity index (χ1) is 10.3. The first-order valence-electron chi connectivity index (χ1n) is 6.52. The zero-order valence-electron chi connectivity index (χ0n) is 11.6. The average molecular weight is 300 g/mol. The van der Waals surface area contributed by atoms with E-state index in [1.54, 1.807) is 12.4 Å². The third kappa shape index (κ3) is 5.39. The number of ether oxygens (including phenoxy) is 1. The molecule has 0 saturated carbocycles. The molecule has 0 unspecified atom stereocenters. The molecule has 1 aromatic carbocycles. The molecule has 4 nitrogen and oxygen atoms in total. The maximum Gasteiger partial charge on any atom is 0.316 e. The number of rotatable bonds is 7. The molecule has 2 rings (SSSR count). The van der Waals surface area contributed by atoms with Gasteiger partial charge in [-0.15, -0.1) is 0 Å². The average Bonchev–Trinajstić information content (AvgIpc) is 2.53. The Morgan fingerprint density at radius 3 is 2.57 bits per heavy atom. The summed E-state index contributed by atoms with van der Waals surface area (Å²) in [7, 11) is 0. The van der Waals surface area contributed by atoms with E-state index in [1.165, 1.54) is 23.4 Å². The number of carbonyl (C=O) groups is 1. The van der Waals surface area contributed by atoms with Gasteiger partial charge in [0.15, 0.2) is 5.16 Å². The number of carbonyl (C=O) groups excluding carboxylic acids is 1. The Kier molecular flexibility index (Phi) is 5.97. The van der Waals surface area contributed by atoms with Crippen molar-refractivity contribution in [3.05, 3.63) is 66.5 Å². The summed E-state index contributed by atoms with van der Waals surface area (Å²) in [5.74, 6) is -0.0943. The summed E-state index contributed by atoms with van der Waals surface area (Å²) >= 11 is 1.26. The Bertz CT molecular complexity index is 585. The Balaban J connectivity index is 1.84. The van der Waals surface area contributed by atoms with Crippen LogP contribution >= 0.6 is 11.8 Å². The molecular formula is C16H16N2O2S. The molecule has 0 aliphatic carbocycles. The van der Waals surface area contributed by atoms with Gasteiger partial charge in [-0.25, -0.2) is 9.97 Å². The number of esters is 1. The third-order valence-corrected chi connectivity index (χ3v) is 3.46. The Morgan fingerprint density at radius 1 is 1.19 bits per heavy atom. The molecule has 0 aliphatic heterocycles. The van der Waals surface area contributed by atoms with Gasteiger partial charge in [-0.1, -0.05) is 54.7 Å². The highest BCUT2D eigenvalue weighted by atomic mass is 32.2. The van der Waals surface area contributed by atoms with Crippen molar-refractivity contribution in [1.82, 2.24) is 9.97 Å². The van der Waals surface area contributed by atoms with E-state index < -0.39 is 0 Å². The lowest BCUT2D eigenvalue weighted by molar-refractivity contribution is -0.139. The highest BCUT2D eigenvalue weighted by Gasteiger charge is 2.05. The van der Waals surface area contributed by atoms with Gasteiger partial charge in [-0.05, 0) is 11.1 Å². The van der Waals surface area contributed by atoms with Gasteiger partial charge in [0.05, 0.1) is 5.75 Å². The summed E-state index contributed by atoms with van der Waals surface area (Å²) in [4.78, 5) is 19.8. The number of hydrogen-bond acceptors (Lipinski definition) is 5. The van der Waals surface area contributed by atoms with Crippen molar-refractivity contribution >= 4 is 17.7 Å². The highest BCUT2D eigenvalue weighted by Crippen LogP contribution is 2.14. The molecule has 0 spiro atoms. The maximum absolute atomic E-state index is 11.3. The van der Waals surface area contributed by atoms with Crippen LogP contribution in [-0.4, -0.2) is 28.3 Å². The Morgan fingerprint density at radius 2 is 1.90 bits per heavy atom. The quantitative estimate of drug-likeness (QED) is 0.340. The highest BCUT2D eigenvalue weighted by molar-refractivity contribution is 7.99. The van der Waals surface area contributed by atoms with E-state index in [0.29, 0.717) is 5.16 Å². The standard InChI is InChI=1S/C16H16N2O2S/c1-2-8-20-15(19)12-21-16-17-10-14(11-18-16)9-13-6-4-3-5-7-13/h2-7,10-11H,1,8-9,12H2. The van der Waals surface area contributed by atoms with Crippen LogP contribution in [0.2, 0.25) is 0 Å². The summed E-state index contributed by atoms with van der Waals surface area (Å²) in [6.45, 7) is 3.72.